The van der Waals surface area contributed by atoms with Crippen LogP contribution in [-0.2, 0) is 14.3 Å². The molecule has 0 spiro atoms. The van der Waals surface area contributed by atoms with E-state index in [1.807, 2.05) is 0 Å². The van der Waals surface area contributed by atoms with Crippen LogP contribution in [0.5, 0.6) is 0 Å². The van der Waals surface area contributed by atoms with E-state index < -0.39 is 5.97 Å². The van der Waals surface area contributed by atoms with Crippen LogP contribution in [0.25, 0.3) is 0 Å². The van der Waals surface area contributed by atoms with E-state index in [0.29, 0.717) is 12.2 Å². The van der Waals surface area contributed by atoms with Crippen molar-refractivity contribution in [3.8, 4) is 11.8 Å². The molecule has 0 saturated heterocycles. The summed E-state index contributed by atoms with van der Waals surface area (Å²) in [5.74, 6) is 4.73. The maximum absolute atomic E-state index is 11.2. The van der Waals surface area contributed by atoms with E-state index >= 15 is 0 Å². The fourth-order valence-electron chi connectivity index (χ4n) is 1.23. The number of ether oxygens (including phenoxy) is 2. The topological polar surface area (TPSA) is 52.6 Å². The number of allylic oxidation sites excluding steroid dienone is 1. The number of esters is 2. The predicted octanol–water partition coefficient (Wildman–Crippen LogP) is 1.94. The molecule has 0 aliphatic rings. The zero-order valence-corrected chi connectivity index (χ0v) is 10.8. The van der Waals surface area contributed by atoms with Gasteiger partial charge in [0.1, 0.15) is 0 Å². The van der Waals surface area contributed by atoms with E-state index in [2.05, 4.69) is 16.6 Å². The normalized spacial score (nSPS) is 9.58. The highest BCUT2D eigenvalue weighted by Gasteiger charge is 2.02. The van der Waals surface area contributed by atoms with Gasteiger partial charge in [0.05, 0.1) is 19.3 Å². The molecule has 0 aromatic heterocycles. The molecule has 0 amide bonds. The molecule has 0 aliphatic heterocycles. The molecule has 98 valence electrons. The van der Waals surface area contributed by atoms with E-state index in [1.54, 1.807) is 31.2 Å². The third-order valence-corrected chi connectivity index (χ3v) is 2.11. The Kier molecular flexibility index (Phi) is 5.90. The molecule has 1 aromatic carbocycles. The van der Waals surface area contributed by atoms with E-state index in [1.165, 1.54) is 19.3 Å². The zero-order chi connectivity index (χ0) is 14.1. The number of rotatable bonds is 3. The van der Waals surface area contributed by atoms with Gasteiger partial charge in [0.25, 0.3) is 0 Å². The van der Waals surface area contributed by atoms with Crippen LogP contribution in [0.3, 0.4) is 0 Å². The van der Waals surface area contributed by atoms with Crippen LogP contribution in [0.1, 0.15) is 22.8 Å². The predicted molar refractivity (Wildman–Crippen MR) is 70.4 cm³/mol. The standard InChI is InChI=1S/C15H14O4/c1-3-19-14(16)7-5-4-6-12-8-10-13(11-9-12)15(17)18-2/h5,7-11H,3H2,1-2H3/b7-5+. The molecule has 4 nitrogen and oxygen atoms in total. The number of hydrogen-bond acceptors (Lipinski definition) is 4. The van der Waals surface area contributed by atoms with Gasteiger partial charge in [-0.3, -0.25) is 0 Å². The molecule has 0 atom stereocenters. The zero-order valence-electron chi connectivity index (χ0n) is 10.8. The molecule has 0 bridgehead atoms. The number of hydrogen-bond donors (Lipinski definition) is 0. The monoisotopic (exact) mass is 258 g/mol. The molecule has 0 aliphatic carbocycles. The van der Waals surface area contributed by atoms with Gasteiger partial charge < -0.3 is 9.47 Å². The highest BCUT2D eigenvalue weighted by atomic mass is 16.5. The summed E-state index contributed by atoms with van der Waals surface area (Å²) in [4.78, 5) is 22.2. The summed E-state index contributed by atoms with van der Waals surface area (Å²) in [6.45, 7) is 2.08. The lowest BCUT2D eigenvalue weighted by atomic mass is 10.1. The van der Waals surface area contributed by atoms with Gasteiger partial charge in [-0.15, -0.1) is 0 Å². The summed E-state index contributed by atoms with van der Waals surface area (Å²) in [5.41, 5.74) is 1.20. The van der Waals surface area contributed by atoms with Crippen molar-refractivity contribution in [1.29, 1.82) is 0 Å². The number of carbonyl (C=O) groups is 2. The quantitative estimate of drug-likeness (QED) is 0.472. The van der Waals surface area contributed by atoms with E-state index in [-0.39, 0.29) is 5.97 Å². The van der Waals surface area contributed by atoms with Crippen LogP contribution in [0.4, 0.5) is 0 Å². The first-order valence-electron chi connectivity index (χ1n) is 5.70. The molecule has 0 saturated carbocycles. The molecule has 0 fully saturated rings. The average Bonchev–Trinajstić information content (AvgIpc) is 2.44. The van der Waals surface area contributed by atoms with Crippen molar-refractivity contribution < 1.29 is 19.1 Å². The van der Waals surface area contributed by atoms with Crippen molar-refractivity contribution in [2.45, 2.75) is 6.92 Å². The molecule has 4 heteroatoms. The number of carbonyl (C=O) groups excluding carboxylic acids is 2. The van der Waals surface area contributed by atoms with Crippen molar-refractivity contribution in [2.75, 3.05) is 13.7 Å². The second kappa shape index (κ2) is 7.72. The van der Waals surface area contributed by atoms with Crippen molar-refractivity contribution in [2.24, 2.45) is 0 Å². The molecular formula is C15H14O4. The lowest BCUT2D eigenvalue weighted by Crippen LogP contribution is -2.00. The van der Waals surface area contributed by atoms with E-state index in [4.69, 9.17) is 4.74 Å². The van der Waals surface area contributed by atoms with Crippen LogP contribution >= 0.6 is 0 Å². The van der Waals surface area contributed by atoms with Crippen LogP contribution < -0.4 is 0 Å². The first kappa shape index (κ1) is 14.5. The van der Waals surface area contributed by atoms with Crippen molar-refractivity contribution >= 4 is 11.9 Å². The molecule has 19 heavy (non-hydrogen) atoms. The third kappa shape index (κ3) is 5.09. The minimum Gasteiger partial charge on any atom is -0.465 e. The summed E-state index contributed by atoms with van der Waals surface area (Å²) in [6.07, 6.45) is 2.69. The summed E-state index contributed by atoms with van der Waals surface area (Å²) in [6, 6.07) is 6.67. The highest BCUT2D eigenvalue weighted by molar-refractivity contribution is 5.89. The lowest BCUT2D eigenvalue weighted by Gasteiger charge is -1.97. The third-order valence-electron chi connectivity index (χ3n) is 2.11. The Morgan fingerprint density at radius 1 is 1.26 bits per heavy atom. The second-order valence-corrected chi connectivity index (χ2v) is 3.42. The van der Waals surface area contributed by atoms with E-state index in [9.17, 15) is 9.59 Å². The maximum Gasteiger partial charge on any atom is 0.337 e. The van der Waals surface area contributed by atoms with Crippen LogP contribution in [0.2, 0.25) is 0 Å². The molecule has 0 radical (unpaired) electrons. The van der Waals surface area contributed by atoms with Gasteiger partial charge in [-0.25, -0.2) is 9.59 Å². The molecule has 1 rings (SSSR count). The van der Waals surface area contributed by atoms with Gasteiger partial charge in [0.2, 0.25) is 0 Å². The highest BCUT2D eigenvalue weighted by Crippen LogP contribution is 2.04. The first-order chi connectivity index (χ1) is 9.17. The Hall–Kier alpha value is -2.54. The minimum absolute atomic E-state index is 0.339. The second-order valence-electron chi connectivity index (χ2n) is 3.42. The largest absolute Gasteiger partial charge is 0.465 e. The average molecular weight is 258 g/mol. The number of methoxy groups -OCH3 is 1. The SMILES string of the molecule is CCOC(=O)/C=C/C#Cc1ccc(C(=O)OC)cc1. The van der Waals surface area contributed by atoms with Gasteiger partial charge in [0, 0.05) is 11.6 Å². The van der Waals surface area contributed by atoms with Crippen molar-refractivity contribution in [1.82, 2.24) is 0 Å². The smallest absolute Gasteiger partial charge is 0.337 e. The minimum atomic E-state index is -0.419. The fraction of sp³-hybridized carbons (Fsp3) is 0.200. The Morgan fingerprint density at radius 3 is 2.53 bits per heavy atom. The lowest BCUT2D eigenvalue weighted by molar-refractivity contribution is -0.137. The Bertz CT molecular complexity index is 530. The van der Waals surface area contributed by atoms with Crippen LogP contribution in [0, 0.1) is 11.8 Å². The fourth-order valence-corrected chi connectivity index (χ4v) is 1.23. The maximum atomic E-state index is 11.2. The summed E-state index contributed by atoms with van der Waals surface area (Å²) >= 11 is 0. The molecule has 0 unspecified atom stereocenters. The molecular weight excluding hydrogens is 244 g/mol. The van der Waals surface area contributed by atoms with Gasteiger partial charge in [-0.1, -0.05) is 11.8 Å². The van der Waals surface area contributed by atoms with Crippen molar-refractivity contribution in [3.05, 3.63) is 47.5 Å². The molecule has 0 heterocycles. The van der Waals surface area contributed by atoms with Crippen molar-refractivity contribution in [3.63, 3.8) is 0 Å². The van der Waals surface area contributed by atoms with Gasteiger partial charge in [-0.05, 0) is 37.3 Å². The molecule has 1 aromatic rings. The van der Waals surface area contributed by atoms with Crippen LogP contribution in [-0.4, -0.2) is 25.7 Å². The number of benzene rings is 1. The Morgan fingerprint density at radius 2 is 1.95 bits per heavy atom. The van der Waals surface area contributed by atoms with Gasteiger partial charge in [0.15, 0.2) is 0 Å². The van der Waals surface area contributed by atoms with Gasteiger partial charge >= 0.3 is 11.9 Å². The molecule has 0 N–H and O–H groups in total. The van der Waals surface area contributed by atoms with Crippen LogP contribution in [0.15, 0.2) is 36.4 Å². The summed E-state index contributed by atoms with van der Waals surface area (Å²) in [5, 5.41) is 0. The first-order valence-corrected chi connectivity index (χ1v) is 5.70. The summed E-state index contributed by atoms with van der Waals surface area (Å²) in [7, 11) is 1.33. The Balaban J connectivity index is 2.64. The van der Waals surface area contributed by atoms with Gasteiger partial charge in [-0.2, -0.15) is 0 Å². The van der Waals surface area contributed by atoms with E-state index in [0.717, 1.165) is 5.56 Å². The Labute approximate surface area is 112 Å². The summed E-state index contributed by atoms with van der Waals surface area (Å²) < 4.78 is 9.29.